The Labute approximate surface area is 300 Å². The van der Waals surface area contributed by atoms with Crippen LogP contribution in [-0.2, 0) is 20.5 Å². The number of aromatic carboxylic acids is 1. The molecule has 0 spiro atoms. The van der Waals surface area contributed by atoms with Gasteiger partial charge in [-0.3, -0.25) is 9.48 Å². The number of benzene rings is 3. The highest BCUT2D eigenvalue weighted by Gasteiger charge is 2.37. The number of carbonyl (C=O) groups excluding carboxylic acids is 1. The molecular weight excluding hydrogens is 673 g/mol. The second-order valence-electron chi connectivity index (χ2n) is 13.4. The summed E-state index contributed by atoms with van der Waals surface area (Å²) in [7, 11) is 3.74. The fourth-order valence-corrected chi connectivity index (χ4v) is 8.10. The number of aryl methyl sites for hydroxylation is 6. The van der Waals surface area contributed by atoms with Crippen LogP contribution in [-0.4, -0.2) is 49.0 Å². The minimum Gasteiger partial charge on any atom is -0.494 e. The van der Waals surface area contributed by atoms with Gasteiger partial charge in [0.15, 0.2) is 0 Å². The zero-order valence-electron chi connectivity index (χ0n) is 29.2. The van der Waals surface area contributed by atoms with Gasteiger partial charge in [-0.2, -0.15) is 5.10 Å². The Balaban J connectivity index is 1.38. The number of anilines is 1. The number of hydrogen-bond donors (Lipinski definition) is 1. The highest BCUT2D eigenvalue weighted by atomic mass is 35.5. The van der Waals surface area contributed by atoms with E-state index in [-0.39, 0.29) is 17.5 Å². The van der Waals surface area contributed by atoms with Crippen molar-refractivity contribution >= 4 is 62.6 Å². The van der Waals surface area contributed by atoms with Crippen LogP contribution < -0.4 is 9.64 Å². The molecule has 9 nitrogen and oxygen atoms in total. The Hall–Kier alpha value is -4.73. The Morgan fingerprint density at radius 2 is 1.70 bits per heavy atom. The average Bonchev–Trinajstić information content (AvgIpc) is 3.70. The third-order valence-corrected chi connectivity index (χ3v) is 11.0. The maximum atomic E-state index is 14.9. The maximum absolute atomic E-state index is 14.9. The van der Waals surface area contributed by atoms with Crippen LogP contribution in [0.25, 0.3) is 32.9 Å². The summed E-state index contributed by atoms with van der Waals surface area (Å²) in [6, 6.07) is 12.9. The first kappa shape index (κ1) is 33.8. The Morgan fingerprint density at radius 3 is 2.36 bits per heavy atom. The molecule has 3 aromatic carbocycles. The topological polar surface area (TPSA) is 94.5 Å². The molecule has 258 valence electrons. The van der Waals surface area contributed by atoms with Crippen LogP contribution in [0.1, 0.15) is 68.3 Å². The van der Waals surface area contributed by atoms with E-state index >= 15 is 0 Å². The van der Waals surface area contributed by atoms with E-state index in [1.54, 1.807) is 21.6 Å². The van der Waals surface area contributed by atoms with E-state index < -0.39 is 5.97 Å². The molecule has 1 amide bonds. The first-order valence-corrected chi connectivity index (χ1v) is 17.4. The number of amides is 1. The van der Waals surface area contributed by atoms with Gasteiger partial charge in [-0.1, -0.05) is 29.3 Å². The monoisotopic (exact) mass is 711 g/mol. The molecule has 0 saturated carbocycles. The van der Waals surface area contributed by atoms with Crippen LogP contribution in [0, 0.1) is 27.7 Å². The smallest absolute Gasteiger partial charge is 0.337 e. The molecule has 4 heterocycles. The molecule has 11 heteroatoms. The van der Waals surface area contributed by atoms with Gasteiger partial charge < -0.3 is 23.9 Å². The summed E-state index contributed by atoms with van der Waals surface area (Å²) < 4.78 is 12.0. The SMILES string of the molecule is Cc1cc(OCCCc2c3n(c4c(-c5c(C)nn(C)c5C)c(Cl)ccc24)C(C)CN(c2ccc(C(=O)O)c4c2ccn4C)C3=O)cc(C)c1Cl. The van der Waals surface area contributed by atoms with Gasteiger partial charge in [0.2, 0.25) is 0 Å². The predicted molar refractivity (Wildman–Crippen MR) is 200 cm³/mol. The molecule has 0 bridgehead atoms. The fraction of sp³-hybridized carbons (Fsp3) is 0.308. The van der Waals surface area contributed by atoms with Crippen molar-refractivity contribution in [2.24, 2.45) is 14.1 Å². The molecule has 0 radical (unpaired) electrons. The largest absolute Gasteiger partial charge is 0.494 e. The van der Waals surface area contributed by atoms with E-state index in [4.69, 9.17) is 33.0 Å². The van der Waals surface area contributed by atoms with Crippen LogP contribution in [0.5, 0.6) is 5.75 Å². The molecule has 1 aliphatic rings. The van der Waals surface area contributed by atoms with Crippen LogP contribution in [0.15, 0.2) is 48.7 Å². The second-order valence-corrected chi connectivity index (χ2v) is 14.2. The van der Waals surface area contributed by atoms with Crippen molar-refractivity contribution < 1.29 is 19.4 Å². The van der Waals surface area contributed by atoms with Crippen molar-refractivity contribution in [1.29, 1.82) is 0 Å². The lowest BCUT2D eigenvalue weighted by Crippen LogP contribution is -2.42. The van der Waals surface area contributed by atoms with Crippen LogP contribution in [0.3, 0.4) is 0 Å². The molecule has 3 aromatic heterocycles. The fourth-order valence-electron chi connectivity index (χ4n) is 7.75. The molecular formula is C39H39Cl2N5O4. The minimum atomic E-state index is -1.01. The molecule has 1 unspecified atom stereocenters. The standard InChI is InChI=1S/C39H39Cl2N5O4/c1-20-17-25(18-21(2)34(20)41)50-16-8-9-26-27-10-12-30(40)33(32-23(4)42-44(7)24(32)5)36(27)46-22(3)19-45(38(47)37(26)46)31-13-11-29(39(48)49)35-28(31)14-15-43(35)6/h10-15,17-18,22H,8-9,16,19H2,1-7H3,(H,48,49). The highest BCUT2D eigenvalue weighted by Crippen LogP contribution is 2.45. The van der Waals surface area contributed by atoms with Crippen LogP contribution >= 0.6 is 23.2 Å². The summed E-state index contributed by atoms with van der Waals surface area (Å²) in [5, 5.41) is 17.6. The summed E-state index contributed by atoms with van der Waals surface area (Å²) in [4.78, 5) is 28.9. The first-order valence-electron chi connectivity index (χ1n) is 16.7. The predicted octanol–water partition coefficient (Wildman–Crippen LogP) is 9.01. The minimum absolute atomic E-state index is 0.136. The Kier molecular flexibility index (Phi) is 8.47. The third-order valence-electron chi connectivity index (χ3n) is 10.1. The van der Waals surface area contributed by atoms with Gasteiger partial charge in [-0.15, -0.1) is 0 Å². The van der Waals surface area contributed by atoms with Gasteiger partial charge in [-0.05, 0) is 101 Å². The van der Waals surface area contributed by atoms with E-state index in [0.717, 1.165) is 60.9 Å². The molecule has 1 atom stereocenters. The van der Waals surface area contributed by atoms with Gasteiger partial charge >= 0.3 is 5.97 Å². The molecule has 0 saturated heterocycles. The van der Waals surface area contributed by atoms with Crippen molar-refractivity contribution in [2.45, 2.75) is 53.5 Å². The number of aromatic nitrogens is 4. The molecule has 0 fully saturated rings. The molecule has 6 aromatic rings. The zero-order chi connectivity index (χ0) is 35.8. The number of carboxylic acid groups (broad SMARTS) is 1. The summed E-state index contributed by atoms with van der Waals surface area (Å²) in [5.41, 5.74) is 9.49. The summed E-state index contributed by atoms with van der Waals surface area (Å²) in [6.45, 7) is 10.9. The van der Waals surface area contributed by atoms with Gasteiger partial charge in [0.1, 0.15) is 11.4 Å². The van der Waals surface area contributed by atoms with Gasteiger partial charge in [0.05, 0.1) is 39.6 Å². The third kappa shape index (κ3) is 5.26. The zero-order valence-corrected chi connectivity index (χ0v) is 30.7. The lowest BCUT2D eigenvalue weighted by atomic mass is 9.98. The van der Waals surface area contributed by atoms with E-state index in [1.807, 2.05) is 83.0 Å². The quantitative estimate of drug-likeness (QED) is 0.159. The number of ether oxygens (including phenoxy) is 1. The second kappa shape index (κ2) is 12.5. The van der Waals surface area contributed by atoms with Crippen molar-refractivity contribution in [3.63, 3.8) is 0 Å². The van der Waals surface area contributed by atoms with E-state index in [1.165, 1.54) is 0 Å². The van der Waals surface area contributed by atoms with Crippen LogP contribution in [0.4, 0.5) is 5.69 Å². The lowest BCUT2D eigenvalue weighted by molar-refractivity contribution is 0.0698. The molecule has 1 aliphatic heterocycles. The number of carbonyl (C=O) groups is 2. The summed E-state index contributed by atoms with van der Waals surface area (Å²) >= 11 is 13.5. The van der Waals surface area contributed by atoms with Crippen molar-refractivity contribution in [1.82, 2.24) is 18.9 Å². The van der Waals surface area contributed by atoms with Gasteiger partial charge in [0, 0.05) is 65.5 Å². The number of halogens is 2. The Bertz CT molecular complexity index is 2360. The molecule has 7 rings (SSSR count). The van der Waals surface area contributed by atoms with Crippen molar-refractivity contribution in [3.8, 4) is 16.9 Å². The number of carboxylic acids is 1. The van der Waals surface area contributed by atoms with Gasteiger partial charge in [-0.25, -0.2) is 4.79 Å². The number of fused-ring (bicyclic) bond motifs is 4. The van der Waals surface area contributed by atoms with E-state index in [0.29, 0.717) is 53.3 Å². The highest BCUT2D eigenvalue weighted by molar-refractivity contribution is 6.35. The molecule has 50 heavy (non-hydrogen) atoms. The van der Waals surface area contributed by atoms with Crippen molar-refractivity contribution in [3.05, 3.63) is 98.0 Å². The number of hydrogen-bond acceptors (Lipinski definition) is 4. The first-order chi connectivity index (χ1) is 23.8. The summed E-state index contributed by atoms with van der Waals surface area (Å²) in [6.07, 6.45) is 3.08. The Morgan fingerprint density at radius 1 is 0.980 bits per heavy atom. The molecule has 0 aliphatic carbocycles. The maximum Gasteiger partial charge on any atom is 0.337 e. The number of rotatable bonds is 8. The average molecular weight is 713 g/mol. The van der Waals surface area contributed by atoms with Crippen LogP contribution in [0.2, 0.25) is 10.0 Å². The summed E-state index contributed by atoms with van der Waals surface area (Å²) in [5.74, 6) is -0.396. The van der Waals surface area contributed by atoms with E-state index in [2.05, 4.69) is 11.5 Å². The van der Waals surface area contributed by atoms with Crippen molar-refractivity contribution in [2.75, 3.05) is 18.1 Å². The lowest BCUT2D eigenvalue weighted by Gasteiger charge is -2.35. The number of nitrogens with zero attached hydrogens (tertiary/aromatic N) is 5. The van der Waals surface area contributed by atoms with E-state index in [9.17, 15) is 14.7 Å². The molecule has 1 N–H and O–H groups in total. The van der Waals surface area contributed by atoms with Gasteiger partial charge in [0.25, 0.3) is 5.91 Å². The normalized spacial score (nSPS) is 14.6.